The minimum atomic E-state index is -0.486. The van der Waals surface area contributed by atoms with E-state index in [9.17, 15) is 4.79 Å². The average Bonchev–Trinajstić information content (AvgIpc) is 2.73. The summed E-state index contributed by atoms with van der Waals surface area (Å²) < 4.78 is 5.00. The van der Waals surface area contributed by atoms with Gasteiger partial charge in [-0.25, -0.2) is 14.8 Å². The van der Waals surface area contributed by atoms with Gasteiger partial charge in [0.25, 0.3) is 0 Å². The molecule has 1 heterocycles. The van der Waals surface area contributed by atoms with Crippen LogP contribution in [-0.4, -0.2) is 29.3 Å². The smallest absolute Gasteiger partial charge is 0.344 e. The summed E-state index contributed by atoms with van der Waals surface area (Å²) in [5.41, 5.74) is 2.22. The van der Waals surface area contributed by atoms with E-state index in [0.717, 1.165) is 11.3 Å². The lowest BCUT2D eigenvalue weighted by atomic mass is 10.2. The molecule has 0 aliphatic carbocycles. The Morgan fingerprint density at radius 2 is 1.82 bits per heavy atom. The van der Waals surface area contributed by atoms with Crippen LogP contribution in [0.25, 0.3) is 0 Å². The number of halogens is 1. The highest BCUT2D eigenvalue weighted by atomic mass is 35.5. The Morgan fingerprint density at radius 1 is 1.11 bits per heavy atom. The minimum absolute atomic E-state index is 0.316. The predicted molar refractivity (Wildman–Crippen MR) is 116 cm³/mol. The SMILES string of the molecule is COC(=O)c1c(Nc2ccc(Cl)cc2)nc(SC)nc1SCc1ccccc1. The van der Waals surface area contributed by atoms with Crippen molar-refractivity contribution in [2.45, 2.75) is 15.9 Å². The highest BCUT2D eigenvalue weighted by Crippen LogP contribution is 2.32. The Morgan fingerprint density at radius 3 is 2.46 bits per heavy atom. The molecule has 1 N–H and O–H groups in total. The van der Waals surface area contributed by atoms with Crippen molar-refractivity contribution in [3.8, 4) is 0 Å². The topological polar surface area (TPSA) is 64.1 Å². The van der Waals surface area contributed by atoms with Crippen LogP contribution in [0.4, 0.5) is 11.5 Å². The third-order valence-electron chi connectivity index (χ3n) is 3.75. The van der Waals surface area contributed by atoms with Gasteiger partial charge in [0.05, 0.1) is 7.11 Å². The molecular weight excluding hydrogens is 414 g/mol. The second-order valence-electron chi connectivity index (χ2n) is 5.64. The molecule has 3 rings (SSSR count). The number of rotatable bonds is 7. The molecule has 144 valence electrons. The molecule has 28 heavy (non-hydrogen) atoms. The number of nitrogens with zero attached hydrogens (tertiary/aromatic N) is 2. The zero-order chi connectivity index (χ0) is 19.9. The van der Waals surface area contributed by atoms with E-state index in [-0.39, 0.29) is 0 Å². The number of hydrogen-bond acceptors (Lipinski definition) is 7. The Hall–Kier alpha value is -2.22. The number of thioether (sulfide) groups is 2. The lowest BCUT2D eigenvalue weighted by Gasteiger charge is -2.14. The summed E-state index contributed by atoms with van der Waals surface area (Å²) in [6, 6.07) is 17.2. The third-order valence-corrected chi connectivity index (χ3v) is 5.60. The molecule has 0 saturated heterocycles. The molecule has 0 fully saturated rings. The van der Waals surface area contributed by atoms with Gasteiger partial charge in [0.15, 0.2) is 11.0 Å². The van der Waals surface area contributed by atoms with Crippen molar-refractivity contribution < 1.29 is 9.53 Å². The fourth-order valence-electron chi connectivity index (χ4n) is 2.39. The number of hydrogen-bond donors (Lipinski definition) is 1. The quantitative estimate of drug-likeness (QED) is 0.223. The first-order valence-corrected chi connectivity index (χ1v) is 10.9. The number of esters is 1. The summed E-state index contributed by atoms with van der Waals surface area (Å²) in [7, 11) is 1.35. The van der Waals surface area contributed by atoms with Crippen molar-refractivity contribution in [2.75, 3.05) is 18.7 Å². The van der Waals surface area contributed by atoms with Crippen molar-refractivity contribution in [3.63, 3.8) is 0 Å². The molecule has 0 amide bonds. The summed E-state index contributed by atoms with van der Waals surface area (Å²) in [6.07, 6.45) is 1.89. The number of aromatic nitrogens is 2. The molecule has 0 atom stereocenters. The molecule has 1 aromatic heterocycles. The first-order chi connectivity index (χ1) is 13.6. The molecule has 5 nitrogen and oxygen atoms in total. The summed E-state index contributed by atoms with van der Waals surface area (Å²) >= 11 is 8.84. The van der Waals surface area contributed by atoms with Crippen LogP contribution in [0.3, 0.4) is 0 Å². The maximum absolute atomic E-state index is 12.5. The number of nitrogens with one attached hydrogen (secondary N) is 1. The van der Waals surface area contributed by atoms with E-state index >= 15 is 0 Å². The number of carbonyl (C=O) groups excluding carboxylic acids is 1. The van der Waals surface area contributed by atoms with Gasteiger partial charge in [-0.15, -0.1) is 11.8 Å². The summed E-state index contributed by atoms with van der Waals surface area (Å²) in [6.45, 7) is 0. The zero-order valence-electron chi connectivity index (χ0n) is 15.3. The van der Waals surface area contributed by atoms with Crippen molar-refractivity contribution in [3.05, 3.63) is 70.7 Å². The third kappa shape index (κ3) is 5.19. The van der Waals surface area contributed by atoms with Crippen molar-refractivity contribution in [1.29, 1.82) is 0 Å². The first kappa shape index (κ1) is 20.5. The van der Waals surface area contributed by atoms with Crippen molar-refractivity contribution in [2.24, 2.45) is 0 Å². The Balaban J connectivity index is 1.98. The Bertz CT molecular complexity index is 954. The summed E-state index contributed by atoms with van der Waals surface area (Å²) in [4.78, 5) is 21.6. The van der Waals surface area contributed by atoms with E-state index in [1.807, 2.05) is 48.7 Å². The number of carbonyl (C=O) groups is 1. The van der Waals surface area contributed by atoms with Gasteiger partial charge in [-0.2, -0.15) is 0 Å². The lowest BCUT2D eigenvalue weighted by Crippen LogP contribution is -2.12. The maximum atomic E-state index is 12.5. The van der Waals surface area contributed by atoms with E-state index in [1.165, 1.54) is 30.6 Å². The standard InChI is InChI=1S/C20H18ClN3O2S2/c1-26-19(25)16-17(22-15-10-8-14(21)9-11-15)23-20(27-2)24-18(16)28-12-13-6-4-3-5-7-13/h3-11H,12H2,1-2H3,(H,22,23,24). The molecule has 2 aromatic carbocycles. The lowest BCUT2D eigenvalue weighted by molar-refractivity contribution is 0.0596. The van der Waals surface area contributed by atoms with Crippen molar-refractivity contribution >= 4 is 52.6 Å². The first-order valence-electron chi connectivity index (χ1n) is 8.34. The fourth-order valence-corrected chi connectivity index (χ4v) is 3.91. The second-order valence-corrected chi connectivity index (χ2v) is 7.81. The Kier molecular flexibility index (Phi) is 7.19. The highest BCUT2D eigenvalue weighted by Gasteiger charge is 2.22. The van der Waals surface area contributed by atoms with Gasteiger partial charge in [-0.1, -0.05) is 53.7 Å². The van der Waals surface area contributed by atoms with Gasteiger partial charge in [-0.05, 0) is 36.1 Å². The normalized spacial score (nSPS) is 10.5. The maximum Gasteiger partial charge on any atom is 0.344 e. The molecule has 3 aromatic rings. The van der Waals surface area contributed by atoms with Crippen molar-refractivity contribution in [1.82, 2.24) is 9.97 Å². The van der Waals surface area contributed by atoms with Gasteiger partial charge < -0.3 is 10.1 Å². The number of ether oxygens (including phenoxy) is 1. The van der Waals surface area contributed by atoms with Gasteiger partial charge in [0.1, 0.15) is 10.6 Å². The average molecular weight is 432 g/mol. The molecule has 0 aliphatic heterocycles. The van der Waals surface area contributed by atoms with Crippen LogP contribution < -0.4 is 5.32 Å². The number of benzene rings is 2. The van der Waals surface area contributed by atoms with Crippen LogP contribution in [0, 0.1) is 0 Å². The van der Waals surface area contributed by atoms with Crippen LogP contribution in [-0.2, 0) is 10.5 Å². The molecule has 0 saturated carbocycles. The van der Waals surface area contributed by atoms with Crippen LogP contribution >= 0.6 is 35.1 Å². The molecule has 0 radical (unpaired) electrons. The van der Waals surface area contributed by atoms with Crippen LogP contribution in [0.5, 0.6) is 0 Å². The van der Waals surface area contributed by atoms with Crippen LogP contribution in [0.1, 0.15) is 15.9 Å². The number of methoxy groups -OCH3 is 1. The van der Waals surface area contributed by atoms with Gasteiger partial charge in [-0.3, -0.25) is 0 Å². The summed E-state index contributed by atoms with van der Waals surface area (Å²) in [5.74, 6) is 0.597. The zero-order valence-corrected chi connectivity index (χ0v) is 17.7. The molecular formula is C20H18ClN3O2S2. The summed E-state index contributed by atoms with van der Waals surface area (Å²) in [5, 5.41) is 4.97. The second kappa shape index (κ2) is 9.82. The van der Waals surface area contributed by atoms with Gasteiger partial charge in [0.2, 0.25) is 0 Å². The van der Waals surface area contributed by atoms with E-state index in [1.54, 1.807) is 12.1 Å². The van der Waals surface area contributed by atoms with E-state index in [0.29, 0.717) is 32.3 Å². The van der Waals surface area contributed by atoms with Gasteiger partial charge in [0, 0.05) is 16.5 Å². The van der Waals surface area contributed by atoms with Crippen LogP contribution in [0.2, 0.25) is 5.02 Å². The predicted octanol–water partition coefficient (Wildman–Crippen LogP) is 5.67. The van der Waals surface area contributed by atoms with E-state index < -0.39 is 5.97 Å². The van der Waals surface area contributed by atoms with Crippen LogP contribution in [0.15, 0.2) is 64.8 Å². The van der Waals surface area contributed by atoms with Gasteiger partial charge >= 0.3 is 5.97 Å². The molecule has 0 unspecified atom stereocenters. The van der Waals surface area contributed by atoms with E-state index in [4.69, 9.17) is 16.3 Å². The Labute approximate surface area is 177 Å². The molecule has 8 heteroatoms. The fraction of sp³-hybridized carbons (Fsp3) is 0.150. The molecule has 0 spiro atoms. The number of anilines is 2. The largest absolute Gasteiger partial charge is 0.465 e. The molecule has 0 aliphatic rings. The monoisotopic (exact) mass is 431 g/mol. The minimum Gasteiger partial charge on any atom is -0.465 e. The molecule has 0 bridgehead atoms. The van der Waals surface area contributed by atoms with E-state index in [2.05, 4.69) is 15.3 Å². The highest BCUT2D eigenvalue weighted by molar-refractivity contribution is 7.99.